The van der Waals surface area contributed by atoms with Crippen molar-refractivity contribution in [3.63, 3.8) is 0 Å². The maximum Gasteiger partial charge on any atom is 0.225 e. The quantitative estimate of drug-likeness (QED) is 0.863. The number of hydrogen-bond acceptors (Lipinski definition) is 5. The molecule has 2 aliphatic heterocycles. The average molecular weight is 305 g/mol. The first-order chi connectivity index (χ1) is 10.4. The molecule has 0 aliphatic carbocycles. The highest BCUT2D eigenvalue weighted by Crippen LogP contribution is 2.42. The van der Waals surface area contributed by atoms with Gasteiger partial charge in [0.25, 0.3) is 0 Å². The molecular formula is C17H27N3O2. The van der Waals surface area contributed by atoms with Gasteiger partial charge in [0.2, 0.25) is 5.95 Å². The summed E-state index contributed by atoms with van der Waals surface area (Å²) in [5.41, 5.74) is -0.116. The Labute approximate surface area is 132 Å². The van der Waals surface area contributed by atoms with Crippen molar-refractivity contribution in [2.24, 2.45) is 5.41 Å². The van der Waals surface area contributed by atoms with E-state index in [0.29, 0.717) is 0 Å². The van der Waals surface area contributed by atoms with E-state index in [-0.39, 0.29) is 23.2 Å². The highest BCUT2D eigenvalue weighted by atomic mass is 16.5. The standard InChI is InChI=1S/C17H27N3O2/c1-16(2,3)14-11-13(21)12-17(22-14)5-9-20(10-6-17)15-18-7-4-8-19-15/h4,7-8,13-14,21H,5-6,9-12H2,1-3H3/t13-,14-/m1/s1. The Hall–Kier alpha value is -1.20. The van der Waals surface area contributed by atoms with E-state index in [4.69, 9.17) is 4.74 Å². The molecule has 0 saturated carbocycles. The van der Waals surface area contributed by atoms with Gasteiger partial charge in [0.1, 0.15) is 0 Å². The first-order valence-corrected chi connectivity index (χ1v) is 8.26. The first-order valence-electron chi connectivity index (χ1n) is 8.26. The Morgan fingerprint density at radius 3 is 2.45 bits per heavy atom. The third-order valence-electron chi connectivity index (χ3n) is 4.96. The van der Waals surface area contributed by atoms with Crippen LogP contribution in [0.2, 0.25) is 0 Å². The van der Waals surface area contributed by atoms with Gasteiger partial charge in [-0.05, 0) is 24.3 Å². The number of rotatable bonds is 1. The van der Waals surface area contributed by atoms with E-state index in [2.05, 4.69) is 35.6 Å². The SMILES string of the molecule is CC(C)(C)[C@H]1C[C@@H](O)CC2(CCN(c3ncccn3)CC2)O1. The molecule has 0 unspecified atom stereocenters. The Kier molecular flexibility index (Phi) is 4.12. The number of hydrogen-bond donors (Lipinski definition) is 1. The zero-order valence-corrected chi connectivity index (χ0v) is 13.8. The predicted octanol–water partition coefficient (Wildman–Crippen LogP) is 2.40. The van der Waals surface area contributed by atoms with E-state index in [9.17, 15) is 5.11 Å². The van der Waals surface area contributed by atoms with E-state index in [0.717, 1.165) is 44.7 Å². The second kappa shape index (κ2) is 5.78. The van der Waals surface area contributed by atoms with Crippen molar-refractivity contribution in [3.05, 3.63) is 18.5 Å². The van der Waals surface area contributed by atoms with Gasteiger partial charge in [-0.15, -0.1) is 0 Å². The Morgan fingerprint density at radius 1 is 1.23 bits per heavy atom. The molecule has 0 radical (unpaired) electrons. The van der Waals surface area contributed by atoms with Crippen LogP contribution in [0.4, 0.5) is 5.95 Å². The van der Waals surface area contributed by atoms with Crippen LogP contribution in [0.3, 0.4) is 0 Å². The van der Waals surface area contributed by atoms with Crippen LogP contribution in [-0.2, 0) is 4.74 Å². The second-order valence-electron chi connectivity index (χ2n) is 7.79. The molecule has 2 saturated heterocycles. The number of ether oxygens (including phenoxy) is 1. The van der Waals surface area contributed by atoms with Crippen LogP contribution >= 0.6 is 0 Å². The molecule has 22 heavy (non-hydrogen) atoms. The van der Waals surface area contributed by atoms with Gasteiger partial charge < -0.3 is 14.7 Å². The topological polar surface area (TPSA) is 58.5 Å². The molecule has 1 aromatic rings. The summed E-state index contributed by atoms with van der Waals surface area (Å²) in [6, 6.07) is 1.84. The van der Waals surface area contributed by atoms with Crippen LogP contribution < -0.4 is 4.90 Å². The van der Waals surface area contributed by atoms with Crippen molar-refractivity contribution in [2.75, 3.05) is 18.0 Å². The normalized spacial score (nSPS) is 28.8. The fourth-order valence-corrected chi connectivity index (χ4v) is 3.58. The molecule has 122 valence electrons. The third kappa shape index (κ3) is 3.25. The molecule has 1 aromatic heterocycles. The lowest BCUT2D eigenvalue weighted by Crippen LogP contribution is -2.55. The van der Waals surface area contributed by atoms with Crippen LogP contribution in [-0.4, -0.2) is 46.0 Å². The third-order valence-corrected chi connectivity index (χ3v) is 4.96. The fourth-order valence-electron chi connectivity index (χ4n) is 3.58. The predicted molar refractivity (Wildman–Crippen MR) is 85.8 cm³/mol. The van der Waals surface area contributed by atoms with Crippen molar-refractivity contribution in [1.82, 2.24) is 9.97 Å². The minimum absolute atomic E-state index is 0.0636. The fraction of sp³-hybridized carbons (Fsp3) is 0.765. The molecule has 3 heterocycles. The van der Waals surface area contributed by atoms with Gasteiger partial charge in [-0.1, -0.05) is 20.8 Å². The average Bonchev–Trinajstić information content (AvgIpc) is 2.47. The van der Waals surface area contributed by atoms with Gasteiger partial charge in [0, 0.05) is 38.3 Å². The molecule has 1 spiro atoms. The molecule has 1 N–H and O–H groups in total. The zero-order valence-electron chi connectivity index (χ0n) is 13.8. The molecule has 5 nitrogen and oxygen atoms in total. The summed E-state index contributed by atoms with van der Waals surface area (Å²) in [5.74, 6) is 0.793. The molecule has 0 amide bonds. The summed E-state index contributed by atoms with van der Waals surface area (Å²) < 4.78 is 6.51. The van der Waals surface area contributed by atoms with Crippen LogP contribution in [0.5, 0.6) is 0 Å². The second-order valence-corrected chi connectivity index (χ2v) is 7.79. The van der Waals surface area contributed by atoms with E-state index in [1.165, 1.54) is 0 Å². The minimum Gasteiger partial charge on any atom is -0.393 e. The monoisotopic (exact) mass is 305 g/mol. The molecule has 3 rings (SSSR count). The van der Waals surface area contributed by atoms with Crippen LogP contribution in [0, 0.1) is 5.41 Å². The molecule has 5 heteroatoms. The Bertz CT molecular complexity index is 492. The van der Waals surface area contributed by atoms with E-state index in [1.807, 2.05) is 6.07 Å². The molecule has 2 aliphatic rings. The lowest BCUT2D eigenvalue weighted by atomic mass is 9.76. The van der Waals surface area contributed by atoms with Gasteiger partial charge in [-0.2, -0.15) is 0 Å². The minimum atomic E-state index is -0.252. The number of nitrogens with zero attached hydrogens (tertiary/aromatic N) is 3. The van der Waals surface area contributed by atoms with Crippen molar-refractivity contribution in [2.45, 2.75) is 64.3 Å². The number of aromatic nitrogens is 2. The zero-order chi connectivity index (χ0) is 15.8. The number of aliphatic hydroxyl groups is 1. The highest BCUT2D eigenvalue weighted by Gasteiger charge is 2.46. The van der Waals surface area contributed by atoms with Crippen molar-refractivity contribution in [1.29, 1.82) is 0 Å². The van der Waals surface area contributed by atoms with Crippen LogP contribution in [0.15, 0.2) is 18.5 Å². The summed E-state index contributed by atoms with van der Waals surface area (Å²) in [5, 5.41) is 10.3. The van der Waals surface area contributed by atoms with Gasteiger partial charge in [0.15, 0.2) is 0 Å². The van der Waals surface area contributed by atoms with Crippen molar-refractivity contribution >= 4 is 5.95 Å². The number of piperidine rings is 1. The molecule has 0 aromatic carbocycles. The number of anilines is 1. The summed E-state index contributed by atoms with van der Waals surface area (Å²) >= 11 is 0. The van der Waals surface area contributed by atoms with Crippen LogP contribution in [0.25, 0.3) is 0 Å². The Balaban J connectivity index is 1.68. The summed E-state index contributed by atoms with van der Waals surface area (Å²) in [7, 11) is 0. The van der Waals surface area contributed by atoms with Crippen LogP contribution in [0.1, 0.15) is 46.5 Å². The molecule has 0 bridgehead atoms. The highest BCUT2D eigenvalue weighted by molar-refractivity contribution is 5.29. The molecular weight excluding hydrogens is 278 g/mol. The Morgan fingerprint density at radius 2 is 1.86 bits per heavy atom. The lowest BCUT2D eigenvalue weighted by molar-refractivity contribution is -0.199. The molecule has 2 atom stereocenters. The first kappa shape index (κ1) is 15.7. The van der Waals surface area contributed by atoms with E-state index < -0.39 is 0 Å². The smallest absolute Gasteiger partial charge is 0.225 e. The van der Waals surface area contributed by atoms with Gasteiger partial charge in [-0.25, -0.2) is 9.97 Å². The summed E-state index contributed by atoms with van der Waals surface area (Å²) in [6.07, 6.45) is 6.78. The van der Waals surface area contributed by atoms with Gasteiger partial charge in [0.05, 0.1) is 17.8 Å². The summed E-state index contributed by atoms with van der Waals surface area (Å²) in [4.78, 5) is 10.9. The van der Waals surface area contributed by atoms with Gasteiger partial charge in [-0.3, -0.25) is 0 Å². The molecule has 2 fully saturated rings. The lowest BCUT2D eigenvalue weighted by Gasteiger charge is -2.50. The largest absolute Gasteiger partial charge is 0.393 e. The van der Waals surface area contributed by atoms with Crippen molar-refractivity contribution in [3.8, 4) is 0 Å². The van der Waals surface area contributed by atoms with E-state index in [1.54, 1.807) is 12.4 Å². The van der Waals surface area contributed by atoms with Crippen molar-refractivity contribution < 1.29 is 9.84 Å². The summed E-state index contributed by atoms with van der Waals surface area (Å²) in [6.45, 7) is 8.34. The maximum absolute atomic E-state index is 10.3. The van der Waals surface area contributed by atoms with E-state index >= 15 is 0 Å². The number of aliphatic hydroxyl groups excluding tert-OH is 1. The maximum atomic E-state index is 10.3. The van der Waals surface area contributed by atoms with Gasteiger partial charge >= 0.3 is 0 Å².